The Bertz CT molecular complexity index is 673. The van der Waals surface area contributed by atoms with E-state index in [4.69, 9.17) is 9.47 Å². The first kappa shape index (κ1) is 19.9. The third-order valence-electron chi connectivity index (χ3n) is 6.28. The molecular weight excluding hydrogens is 346 g/mol. The molecule has 150 valence electrons. The number of carbonyl (C=O) groups is 1. The molecule has 0 aliphatic carbocycles. The number of carboxylic acid groups (broad SMARTS) is 1. The van der Waals surface area contributed by atoms with Crippen LogP contribution >= 0.6 is 0 Å². The molecule has 0 saturated carbocycles. The molecule has 3 rings (SSSR count). The maximum atomic E-state index is 12.3. The fraction of sp³-hybridized carbons (Fsp3) is 0.650. The lowest BCUT2D eigenvalue weighted by Crippen LogP contribution is -2.64. The highest BCUT2D eigenvalue weighted by Gasteiger charge is 2.45. The van der Waals surface area contributed by atoms with Gasteiger partial charge >= 0.3 is 5.97 Å². The molecule has 0 radical (unpaired) electrons. The molecule has 1 aromatic carbocycles. The summed E-state index contributed by atoms with van der Waals surface area (Å²) in [7, 11) is 7.48. The predicted octanol–water partition coefficient (Wildman–Crippen LogP) is 1.54. The number of nitrogens with zero attached hydrogens (tertiary/aromatic N) is 3. The van der Waals surface area contributed by atoms with Gasteiger partial charge in [-0.15, -0.1) is 0 Å². The van der Waals surface area contributed by atoms with Crippen molar-refractivity contribution in [2.24, 2.45) is 0 Å². The molecule has 0 bridgehead atoms. The summed E-state index contributed by atoms with van der Waals surface area (Å²) < 4.78 is 10.8. The lowest BCUT2D eigenvalue weighted by molar-refractivity contribution is -0.146. The van der Waals surface area contributed by atoms with Crippen molar-refractivity contribution in [3.8, 4) is 11.5 Å². The molecule has 1 unspecified atom stereocenters. The van der Waals surface area contributed by atoms with Crippen LogP contribution in [0.4, 0.5) is 0 Å². The number of hydrogen-bond donors (Lipinski definition) is 1. The van der Waals surface area contributed by atoms with Crippen molar-refractivity contribution in [1.29, 1.82) is 0 Å². The summed E-state index contributed by atoms with van der Waals surface area (Å²) >= 11 is 0. The van der Waals surface area contributed by atoms with Gasteiger partial charge in [0.15, 0.2) is 0 Å². The van der Waals surface area contributed by atoms with E-state index in [0.717, 1.165) is 39.0 Å². The van der Waals surface area contributed by atoms with E-state index in [1.165, 1.54) is 0 Å². The highest BCUT2D eigenvalue weighted by molar-refractivity contribution is 5.77. The molecule has 0 amide bonds. The topological polar surface area (TPSA) is 65.5 Å². The van der Waals surface area contributed by atoms with E-state index < -0.39 is 12.0 Å². The van der Waals surface area contributed by atoms with E-state index in [2.05, 4.69) is 28.8 Å². The second-order valence-electron chi connectivity index (χ2n) is 7.77. The number of aliphatic carboxylic acids is 1. The van der Waals surface area contributed by atoms with Crippen molar-refractivity contribution in [3.05, 3.63) is 23.8 Å². The molecule has 2 fully saturated rings. The molecule has 1 spiro atoms. The van der Waals surface area contributed by atoms with Gasteiger partial charge in [0.1, 0.15) is 17.5 Å². The first-order chi connectivity index (χ1) is 12.9. The van der Waals surface area contributed by atoms with Gasteiger partial charge in [0.2, 0.25) is 0 Å². The number of likely N-dealkylation sites (tertiary alicyclic amines) is 1. The Labute approximate surface area is 161 Å². The number of benzene rings is 1. The van der Waals surface area contributed by atoms with Gasteiger partial charge in [-0.2, -0.15) is 0 Å². The number of piperidine rings is 1. The van der Waals surface area contributed by atoms with Gasteiger partial charge in [0.05, 0.1) is 14.2 Å². The second-order valence-corrected chi connectivity index (χ2v) is 7.77. The molecule has 1 aromatic rings. The van der Waals surface area contributed by atoms with Crippen molar-refractivity contribution < 1.29 is 19.4 Å². The molecule has 27 heavy (non-hydrogen) atoms. The van der Waals surface area contributed by atoms with Crippen LogP contribution in [-0.4, -0.2) is 92.4 Å². The lowest BCUT2D eigenvalue weighted by atomic mass is 9.83. The summed E-state index contributed by atoms with van der Waals surface area (Å²) in [6.07, 6.45) is 2.11. The Morgan fingerprint density at radius 1 is 1.11 bits per heavy atom. The standard InChI is InChI=1S/C20H31N3O4/c1-21-9-7-20(8-10-21)14-23(12-11-22(20)2)18(19(24)25)16-13-15(26-3)5-6-17(16)27-4/h5-6,13,18H,7-12,14H2,1-4H3,(H,24,25). The molecule has 7 nitrogen and oxygen atoms in total. The molecule has 2 heterocycles. The van der Waals surface area contributed by atoms with Gasteiger partial charge in [0.25, 0.3) is 0 Å². The number of hydrogen-bond acceptors (Lipinski definition) is 6. The summed E-state index contributed by atoms with van der Waals surface area (Å²) in [4.78, 5) is 19.2. The zero-order chi connectivity index (χ0) is 19.6. The Hall–Kier alpha value is -1.83. The lowest BCUT2D eigenvalue weighted by Gasteiger charge is -2.53. The quantitative estimate of drug-likeness (QED) is 0.835. The van der Waals surface area contributed by atoms with E-state index in [0.29, 0.717) is 23.6 Å². The van der Waals surface area contributed by atoms with Crippen molar-refractivity contribution in [3.63, 3.8) is 0 Å². The molecule has 2 saturated heterocycles. The minimum absolute atomic E-state index is 0.0323. The average Bonchev–Trinajstić information content (AvgIpc) is 2.66. The van der Waals surface area contributed by atoms with Gasteiger partial charge in [-0.25, -0.2) is 0 Å². The van der Waals surface area contributed by atoms with Crippen molar-refractivity contribution in [2.75, 3.05) is 61.0 Å². The molecule has 1 N–H and O–H groups in total. The summed E-state index contributed by atoms with van der Waals surface area (Å²) in [5.41, 5.74) is 0.682. The van der Waals surface area contributed by atoms with Crippen LogP contribution in [0.2, 0.25) is 0 Å². The van der Waals surface area contributed by atoms with Crippen LogP contribution < -0.4 is 9.47 Å². The van der Waals surface area contributed by atoms with Crippen LogP contribution in [0.1, 0.15) is 24.4 Å². The highest BCUT2D eigenvalue weighted by Crippen LogP contribution is 2.38. The maximum absolute atomic E-state index is 12.3. The number of carboxylic acids is 1. The normalized spacial score (nSPS) is 22.5. The Balaban J connectivity index is 1.93. The van der Waals surface area contributed by atoms with Gasteiger partial charge in [-0.05, 0) is 58.2 Å². The van der Waals surface area contributed by atoms with Crippen LogP contribution in [0.5, 0.6) is 11.5 Å². The third kappa shape index (κ3) is 3.90. The van der Waals surface area contributed by atoms with Crippen LogP contribution in [0.3, 0.4) is 0 Å². The van der Waals surface area contributed by atoms with E-state index in [1.807, 2.05) is 0 Å². The Kier molecular flexibility index (Phi) is 5.93. The zero-order valence-electron chi connectivity index (χ0n) is 16.8. The third-order valence-corrected chi connectivity index (χ3v) is 6.28. The maximum Gasteiger partial charge on any atom is 0.325 e. The van der Waals surface area contributed by atoms with Gasteiger partial charge in [-0.1, -0.05) is 0 Å². The van der Waals surface area contributed by atoms with Crippen LogP contribution in [0.25, 0.3) is 0 Å². The zero-order valence-corrected chi connectivity index (χ0v) is 16.8. The molecule has 1 atom stereocenters. The monoisotopic (exact) mass is 377 g/mol. The summed E-state index contributed by atoms with van der Waals surface area (Å²) in [6.45, 7) is 4.40. The van der Waals surface area contributed by atoms with Crippen LogP contribution in [-0.2, 0) is 4.79 Å². The molecule has 2 aliphatic heterocycles. The number of ether oxygens (including phenoxy) is 2. The fourth-order valence-electron chi connectivity index (χ4n) is 4.43. The first-order valence-corrected chi connectivity index (χ1v) is 9.49. The smallest absolute Gasteiger partial charge is 0.325 e. The Morgan fingerprint density at radius 2 is 1.81 bits per heavy atom. The SMILES string of the molecule is COc1ccc(OC)c(C(C(=O)O)N2CCN(C)C3(CCN(C)CC3)C2)c1. The molecule has 7 heteroatoms. The number of methoxy groups -OCH3 is 2. The average molecular weight is 377 g/mol. The molecule has 2 aliphatic rings. The fourth-order valence-corrected chi connectivity index (χ4v) is 4.43. The van der Waals surface area contributed by atoms with E-state index in [-0.39, 0.29) is 5.54 Å². The minimum Gasteiger partial charge on any atom is -0.497 e. The van der Waals surface area contributed by atoms with Crippen molar-refractivity contribution >= 4 is 5.97 Å². The summed E-state index contributed by atoms with van der Waals surface area (Å²) in [5, 5.41) is 10.1. The van der Waals surface area contributed by atoms with Crippen LogP contribution in [0, 0.1) is 0 Å². The summed E-state index contributed by atoms with van der Waals surface area (Å²) in [6, 6.07) is 4.62. The van der Waals surface area contributed by atoms with Crippen molar-refractivity contribution in [2.45, 2.75) is 24.4 Å². The van der Waals surface area contributed by atoms with E-state index in [9.17, 15) is 9.90 Å². The molecule has 0 aromatic heterocycles. The summed E-state index contributed by atoms with van der Waals surface area (Å²) in [5.74, 6) is 0.369. The second kappa shape index (κ2) is 8.04. The first-order valence-electron chi connectivity index (χ1n) is 9.49. The van der Waals surface area contributed by atoms with Gasteiger partial charge in [0, 0.05) is 30.7 Å². The largest absolute Gasteiger partial charge is 0.497 e. The predicted molar refractivity (Wildman–Crippen MR) is 104 cm³/mol. The van der Waals surface area contributed by atoms with E-state index >= 15 is 0 Å². The van der Waals surface area contributed by atoms with E-state index in [1.54, 1.807) is 32.4 Å². The van der Waals surface area contributed by atoms with Gasteiger partial charge in [-0.3, -0.25) is 14.6 Å². The van der Waals surface area contributed by atoms with Gasteiger partial charge < -0.3 is 19.5 Å². The number of rotatable bonds is 5. The highest BCUT2D eigenvalue weighted by atomic mass is 16.5. The number of likely N-dealkylation sites (N-methyl/N-ethyl adjacent to an activating group) is 1. The van der Waals surface area contributed by atoms with Crippen molar-refractivity contribution in [1.82, 2.24) is 14.7 Å². The number of piperazine rings is 1. The molecular formula is C20H31N3O4. The van der Waals surface area contributed by atoms with Crippen LogP contribution in [0.15, 0.2) is 18.2 Å². The minimum atomic E-state index is -0.853. The Morgan fingerprint density at radius 3 is 2.41 bits per heavy atom.